The summed E-state index contributed by atoms with van der Waals surface area (Å²) in [5.74, 6) is -2.12. The maximum atomic E-state index is 13.8. The highest BCUT2D eigenvalue weighted by atomic mass is 19.2. The number of nitrogens with one attached hydrogen (secondary N) is 2. The van der Waals surface area contributed by atoms with Gasteiger partial charge < -0.3 is 10.1 Å². The van der Waals surface area contributed by atoms with Gasteiger partial charge in [-0.2, -0.15) is 5.10 Å². The van der Waals surface area contributed by atoms with E-state index in [1.165, 1.54) is 37.4 Å². The Hall–Kier alpha value is -3.36. The fourth-order valence-corrected chi connectivity index (χ4v) is 1.97. The van der Waals surface area contributed by atoms with Crippen molar-refractivity contribution in [2.75, 3.05) is 12.4 Å². The summed E-state index contributed by atoms with van der Waals surface area (Å²) in [7, 11) is 1.43. The van der Waals surface area contributed by atoms with Gasteiger partial charge in [0.05, 0.1) is 12.8 Å². The van der Waals surface area contributed by atoms with Crippen LogP contribution in [-0.4, -0.2) is 33.4 Å². The minimum atomic E-state index is -1.000. The highest BCUT2D eigenvalue weighted by Crippen LogP contribution is 2.24. The molecule has 2 aromatic heterocycles. The number of nitrogens with zero attached hydrogens (tertiary/aromatic N) is 3. The van der Waals surface area contributed by atoms with Gasteiger partial charge in [-0.1, -0.05) is 6.07 Å². The van der Waals surface area contributed by atoms with Crippen molar-refractivity contribution in [3.8, 4) is 17.1 Å². The molecule has 122 valence electrons. The van der Waals surface area contributed by atoms with Crippen LogP contribution in [0.15, 0.2) is 36.4 Å². The topological polar surface area (TPSA) is 92.8 Å². The second-order valence-electron chi connectivity index (χ2n) is 4.68. The van der Waals surface area contributed by atoms with Gasteiger partial charge in [0.1, 0.15) is 0 Å². The molecule has 0 radical (unpaired) electrons. The third kappa shape index (κ3) is 3.05. The zero-order chi connectivity index (χ0) is 17.1. The summed E-state index contributed by atoms with van der Waals surface area (Å²) in [5, 5.41) is 16.2. The molecule has 3 aromatic rings. The molecule has 1 amide bonds. The molecule has 0 spiro atoms. The van der Waals surface area contributed by atoms with Crippen molar-refractivity contribution in [1.82, 2.24) is 20.4 Å². The number of ether oxygens (including phenoxy) is 1. The standard InChI is InChI=1S/C15H11F2N5O2/c1-24-13-6-5-10(19-22-13)15(23)18-12-7-11(20-21-12)8-3-2-4-9(16)14(8)17/h2-7H,1H3,(H2,18,20,21,23). The van der Waals surface area contributed by atoms with Crippen molar-refractivity contribution in [2.45, 2.75) is 0 Å². The third-order valence-electron chi connectivity index (χ3n) is 3.14. The molecular formula is C15H11F2N5O2. The second kappa shape index (κ2) is 6.41. The van der Waals surface area contributed by atoms with E-state index in [0.717, 1.165) is 6.07 Å². The molecule has 0 saturated heterocycles. The van der Waals surface area contributed by atoms with Crippen LogP contribution >= 0.6 is 0 Å². The lowest BCUT2D eigenvalue weighted by molar-refractivity contribution is 0.102. The number of halogens is 2. The summed E-state index contributed by atoms with van der Waals surface area (Å²) in [6.07, 6.45) is 0. The van der Waals surface area contributed by atoms with Crippen LogP contribution in [0.5, 0.6) is 5.88 Å². The maximum Gasteiger partial charge on any atom is 0.277 e. The summed E-state index contributed by atoms with van der Waals surface area (Å²) in [5.41, 5.74) is 0.285. The Labute approximate surface area is 134 Å². The summed E-state index contributed by atoms with van der Waals surface area (Å²) in [4.78, 5) is 12.0. The monoisotopic (exact) mass is 331 g/mol. The Balaban J connectivity index is 1.78. The van der Waals surface area contributed by atoms with E-state index in [1.54, 1.807) is 0 Å². The van der Waals surface area contributed by atoms with E-state index in [4.69, 9.17) is 4.74 Å². The first kappa shape index (κ1) is 15.5. The minimum Gasteiger partial charge on any atom is -0.480 e. The van der Waals surface area contributed by atoms with Crippen molar-refractivity contribution in [3.05, 3.63) is 53.7 Å². The molecule has 0 atom stereocenters. The first-order chi connectivity index (χ1) is 11.6. The molecule has 0 aliphatic heterocycles. The molecule has 0 unspecified atom stereocenters. The second-order valence-corrected chi connectivity index (χ2v) is 4.68. The molecule has 9 heteroatoms. The van der Waals surface area contributed by atoms with Gasteiger partial charge in [0.2, 0.25) is 5.88 Å². The van der Waals surface area contributed by atoms with E-state index in [9.17, 15) is 13.6 Å². The highest BCUT2D eigenvalue weighted by Gasteiger charge is 2.14. The molecular weight excluding hydrogens is 320 g/mol. The van der Waals surface area contributed by atoms with Crippen LogP contribution in [0.2, 0.25) is 0 Å². The van der Waals surface area contributed by atoms with Crippen LogP contribution in [0.1, 0.15) is 10.5 Å². The van der Waals surface area contributed by atoms with Gasteiger partial charge in [0, 0.05) is 17.7 Å². The third-order valence-corrected chi connectivity index (χ3v) is 3.14. The quantitative estimate of drug-likeness (QED) is 0.766. The highest BCUT2D eigenvalue weighted by molar-refractivity contribution is 6.02. The lowest BCUT2D eigenvalue weighted by Crippen LogP contribution is -2.14. The predicted molar refractivity (Wildman–Crippen MR) is 80.5 cm³/mol. The summed E-state index contributed by atoms with van der Waals surface area (Å²) in [6.45, 7) is 0. The van der Waals surface area contributed by atoms with Gasteiger partial charge in [-0.25, -0.2) is 8.78 Å². The van der Waals surface area contributed by atoms with E-state index in [-0.39, 0.29) is 28.6 Å². The first-order valence-corrected chi connectivity index (χ1v) is 6.77. The molecule has 2 N–H and O–H groups in total. The van der Waals surface area contributed by atoms with Crippen molar-refractivity contribution >= 4 is 11.7 Å². The Morgan fingerprint density at radius 1 is 1.21 bits per heavy atom. The zero-order valence-corrected chi connectivity index (χ0v) is 12.4. The van der Waals surface area contributed by atoms with Crippen LogP contribution in [0.4, 0.5) is 14.6 Å². The smallest absolute Gasteiger partial charge is 0.277 e. The number of methoxy groups -OCH3 is 1. The number of anilines is 1. The van der Waals surface area contributed by atoms with Crippen LogP contribution in [0.3, 0.4) is 0 Å². The number of H-pyrrole nitrogens is 1. The molecule has 3 rings (SSSR count). The molecule has 7 nitrogen and oxygen atoms in total. The normalized spacial score (nSPS) is 10.5. The van der Waals surface area contributed by atoms with Crippen LogP contribution < -0.4 is 10.1 Å². The lowest BCUT2D eigenvalue weighted by atomic mass is 10.1. The molecule has 1 aromatic carbocycles. The molecule has 0 saturated carbocycles. The average Bonchev–Trinajstić information content (AvgIpc) is 3.05. The van der Waals surface area contributed by atoms with E-state index < -0.39 is 17.5 Å². The van der Waals surface area contributed by atoms with E-state index in [1.807, 2.05) is 0 Å². The largest absolute Gasteiger partial charge is 0.480 e. The molecule has 0 bridgehead atoms. The van der Waals surface area contributed by atoms with Crippen molar-refractivity contribution in [2.24, 2.45) is 0 Å². The van der Waals surface area contributed by atoms with E-state index in [0.29, 0.717) is 0 Å². The van der Waals surface area contributed by atoms with Crippen molar-refractivity contribution in [3.63, 3.8) is 0 Å². The molecule has 0 fully saturated rings. The molecule has 0 aliphatic rings. The van der Waals surface area contributed by atoms with Gasteiger partial charge in [0.25, 0.3) is 5.91 Å². The first-order valence-electron chi connectivity index (χ1n) is 6.77. The van der Waals surface area contributed by atoms with E-state index >= 15 is 0 Å². The summed E-state index contributed by atoms with van der Waals surface area (Å²) >= 11 is 0. The number of carbonyl (C=O) groups is 1. The van der Waals surface area contributed by atoms with Gasteiger partial charge in [0.15, 0.2) is 23.1 Å². The number of aromatic nitrogens is 4. The molecule has 24 heavy (non-hydrogen) atoms. The Morgan fingerprint density at radius 3 is 2.75 bits per heavy atom. The predicted octanol–water partition coefficient (Wildman–Crippen LogP) is 2.41. The fourth-order valence-electron chi connectivity index (χ4n) is 1.97. The van der Waals surface area contributed by atoms with Crippen molar-refractivity contribution < 1.29 is 18.3 Å². The van der Waals surface area contributed by atoms with Gasteiger partial charge in [-0.05, 0) is 18.2 Å². The maximum absolute atomic E-state index is 13.8. The number of aromatic amines is 1. The van der Waals surface area contributed by atoms with Gasteiger partial charge in [-0.3, -0.25) is 9.89 Å². The Bertz CT molecular complexity index is 880. The van der Waals surface area contributed by atoms with Gasteiger partial charge >= 0.3 is 0 Å². The minimum absolute atomic E-state index is 0.00670. The fraction of sp³-hybridized carbons (Fsp3) is 0.0667. The molecule has 2 heterocycles. The zero-order valence-electron chi connectivity index (χ0n) is 12.4. The summed E-state index contributed by atoms with van der Waals surface area (Å²) < 4.78 is 31.9. The van der Waals surface area contributed by atoms with Crippen LogP contribution in [0, 0.1) is 11.6 Å². The van der Waals surface area contributed by atoms with Gasteiger partial charge in [-0.15, -0.1) is 10.2 Å². The number of hydrogen-bond acceptors (Lipinski definition) is 5. The number of hydrogen-bond donors (Lipinski definition) is 2. The Kier molecular flexibility index (Phi) is 4.15. The number of benzene rings is 1. The van der Waals surface area contributed by atoms with E-state index in [2.05, 4.69) is 25.7 Å². The average molecular weight is 331 g/mol. The van der Waals surface area contributed by atoms with Crippen LogP contribution in [-0.2, 0) is 0 Å². The SMILES string of the molecule is COc1ccc(C(=O)Nc2cc(-c3cccc(F)c3F)[nH]n2)nn1. The number of carbonyl (C=O) groups excluding carboxylic acids is 1. The number of rotatable bonds is 4. The summed E-state index contributed by atoms with van der Waals surface area (Å²) in [6, 6.07) is 8.08. The van der Waals surface area contributed by atoms with Crippen molar-refractivity contribution in [1.29, 1.82) is 0 Å². The van der Waals surface area contributed by atoms with Crippen LogP contribution in [0.25, 0.3) is 11.3 Å². The molecule has 0 aliphatic carbocycles. The Morgan fingerprint density at radius 2 is 2.04 bits per heavy atom. The number of amides is 1. The lowest BCUT2D eigenvalue weighted by Gasteiger charge is -2.01.